The molecule has 0 spiro atoms. The Morgan fingerprint density at radius 3 is 2.58 bits per heavy atom. The Morgan fingerprint density at radius 2 is 2.00 bits per heavy atom. The lowest BCUT2D eigenvalue weighted by molar-refractivity contribution is 0.00601. The van der Waals surface area contributed by atoms with Crippen molar-refractivity contribution in [1.29, 1.82) is 0 Å². The zero-order chi connectivity index (χ0) is 13.9. The SMILES string of the molecule is COC1(C(=O)c2cccc(CC(C)C)c2)CCCC1. The first-order valence-electron chi connectivity index (χ1n) is 7.26. The van der Waals surface area contributed by atoms with Crippen LogP contribution in [0.5, 0.6) is 0 Å². The number of carbonyl (C=O) groups excluding carboxylic acids is 1. The summed E-state index contributed by atoms with van der Waals surface area (Å²) >= 11 is 0. The summed E-state index contributed by atoms with van der Waals surface area (Å²) in [6.45, 7) is 4.39. The topological polar surface area (TPSA) is 26.3 Å². The molecule has 1 aliphatic rings. The van der Waals surface area contributed by atoms with E-state index in [1.807, 2.05) is 18.2 Å². The van der Waals surface area contributed by atoms with Crippen molar-refractivity contribution in [3.05, 3.63) is 35.4 Å². The van der Waals surface area contributed by atoms with Crippen LogP contribution in [0.3, 0.4) is 0 Å². The van der Waals surface area contributed by atoms with Crippen LogP contribution in [0, 0.1) is 5.92 Å². The van der Waals surface area contributed by atoms with Gasteiger partial charge < -0.3 is 4.74 Å². The van der Waals surface area contributed by atoms with Crippen molar-refractivity contribution in [2.24, 2.45) is 5.92 Å². The molecule has 0 aromatic heterocycles. The van der Waals surface area contributed by atoms with Crippen LogP contribution >= 0.6 is 0 Å². The van der Waals surface area contributed by atoms with E-state index in [0.717, 1.165) is 37.7 Å². The number of methoxy groups -OCH3 is 1. The summed E-state index contributed by atoms with van der Waals surface area (Å²) in [6, 6.07) is 8.06. The number of hydrogen-bond acceptors (Lipinski definition) is 2. The Labute approximate surface area is 116 Å². The average Bonchev–Trinajstić information content (AvgIpc) is 2.87. The van der Waals surface area contributed by atoms with Gasteiger partial charge in [-0.2, -0.15) is 0 Å². The Kier molecular flexibility index (Phi) is 4.41. The maximum absolute atomic E-state index is 12.7. The summed E-state index contributed by atoms with van der Waals surface area (Å²) in [7, 11) is 1.67. The minimum Gasteiger partial charge on any atom is -0.370 e. The summed E-state index contributed by atoms with van der Waals surface area (Å²) in [4.78, 5) is 12.7. The van der Waals surface area contributed by atoms with Crippen molar-refractivity contribution >= 4 is 5.78 Å². The maximum atomic E-state index is 12.7. The normalized spacial score (nSPS) is 17.9. The van der Waals surface area contributed by atoms with Gasteiger partial charge in [0.1, 0.15) is 5.60 Å². The largest absolute Gasteiger partial charge is 0.370 e. The van der Waals surface area contributed by atoms with Gasteiger partial charge in [-0.1, -0.05) is 32.0 Å². The zero-order valence-electron chi connectivity index (χ0n) is 12.2. The van der Waals surface area contributed by atoms with E-state index < -0.39 is 5.60 Å². The van der Waals surface area contributed by atoms with Gasteiger partial charge in [0, 0.05) is 12.7 Å². The number of benzene rings is 1. The molecule has 0 aliphatic heterocycles. The van der Waals surface area contributed by atoms with E-state index in [2.05, 4.69) is 19.9 Å². The van der Waals surface area contributed by atoms with E-state index in [4.69, 9.17) is 4.74 Å². The maximum Gasteiger partial charge on any atom is 0.194 e. The molecule has 0 radical (unpaired) electrons. The molecule has 0 N–H and O–H groups in total. The standard InChI is InChI=1S/C17H24O2/c1-13(2)11-14-7-6-8-15(12-14)16(18)17(19-3)9-4-5-10-17/h6-8,12-13H,4-5,9-11H2,1-3H3. The smallest absolute Gasteiger partial charge is 0.194 e. The van der Waals surface area contributed by atoms with Gasteiger partial charge in [0.05, 0.1) is 0 Å². The predicted molar refractivity (Wildman–Crippen MR) is 77.5 cm³/mol. The molecule has 1 saturated carbocycles. The van der Waals surface area contributed by atoms with Crippen LogP contribution in [0.1, 0.15) is 55.5 Å². The lowest BCUT2D eigenvalue weighted by Crippen LogP contribution is -2.37. The predicted octanol–water partition coefficient (Wildman–Crippen LogP) is 4.03. The second kappa shape index (κ2) is 5.87. The molecule has 2 nitrogen and oxygen atoms in total. The summed E-state index contributed by atoms with van der Waals surface area (Å²) < 4.78 is 5.59. The molecule has 0 saturated heterocycles. The highest BCUT2D eigenvalue weighted by atomic mass is 16.5. The average molecular weight is 260 g/mol. The quantitative estimate of drug-likeness (QED) is 0.747. The van der Waals surface area contributed by atoms with E-state index in [9.17, 15) is 4.79 Å². The van der Waals surface area contributed by atoms with Crippen molar-refractivity contribution in [2.45, 2.75) is 51.6 Å². The van der Waals surface area contributed by atoms with Gasteiger partial charge in [0.2, 0.25) is 0 Å². The molecule has 2 rings (SSSR count). The van der Waals surface area contributed by atoms with Crippen molar-refractivity contribution in [2.75, 3.05) is 7.11 Å². The molecule has 104 valence electrons. The second-order valence-electron chi connectivity index (χ2n) is 6.03. The summed E-state index contributed by atoms with van der Waals surface area (Å²) in [5.41, 5.74) is 1.49. The first kappa shape index (κ1) is 14.3. The van der Waals surface area contributed by atoms with E-state index in [1.165, 1.54) is 5.56 Å². The minimum atomic E-state index is -0.559. The second-order valence-corrected chi connectivity index (χ2v) is 6.03. The van der Waals surface area contributed by atoms with E-state index >= 15 is 0 Å². The number of ether oxygens (including phenoxy) is 1. The van der Waals surface area contributed by atoms with Crippen LogP contribution in [-0.2, 0) is 11.2 Å². The molecular weight excluding hydrogens is 236 g/mol. The third-order valence-corrected chi connectivity index (χ3v) is 4.05. The van der Waals surface area contributed by atoms with Crippen molar-refractivity contribution in [1.82, 2.24) is 0 Å². The van der Waals surface area contributed by atoms with E-state index in [1.54, 1.807) is 7.11 Å². The number of ketones is 1. The molecule has 2 heteroatoms. The molecule has 1 aromatic carbocycles. The summed E-state index contributed by atoms with van der Waals surface area (Å²) in [6.07, 6.45) is 4.91. The minimum absolute atomic E-state index is 0.165. The van der Waals surface area contributed by atoms with Crippen LogP contribution in [0.25, 0.3) is 0 Å². The zero-order valence-corrected chi connectivity index (χ0v) is 12.2. The Hall–Kier alpha value is -1.15. The molecule has 19 heavy (non-hydrogen) atoms. The van der Waals surface area contributed by atoms with Gasteiger partial charge >= 0.3 is 0 Å². The van der Waals surface area contributed by atoms with E-state index in [0.29, 0.717) is 5.92 Å². The van der Waals surface area contributed by atoms with Crippen molar-refractivity contribution in [3.8, 4) is 0 Å². The molecule has 1 aromatic rings. The number of carbonyl (C=O) groups is 1. The van der Waals surface area contributed by atoms with Gasteiger partial charge in [-0.25, -0.2) is 0 Å². The fraction of sp³-hybridized carbons (Fsp3) is 0.588. The first-order chi connectivity index (χ1) is 9.07. The van der Waals surface area contributed by atoms with Gasteiger partial charge in [-0.3, -0.25) is 4.79 Å². The number of rotatable bonds is 5. The molecule has 0 unspecified atom stereocenters. The summed E-state index contributed by atoms with van der Waals surface area (Å²) in [5, 5.41) is 0. The van der Waals surface area contributed by atoms with Gasteiger partial charge in [-0.05, 0) is 49.7 Å². The molecule has 0 amide bonds. The highest BCUT2D eigenvalue weighted by molar-refractivity contribution is 6.02. The number of hydrogen-bond donors (Lipinski definition) is 0. The number of Topliss-reactive ketones (excluding diaryl/α,β-unsaturated/α-hetero) is 1. The van der Waals surface area contributed by atoms with Crippen molar-refractivity contribution in [3.63, 3.8) is 0 Å². The van der Waals surface area contributed by atoms with Crippen LogP contribution in [0.4, 0.5) is 0 Å². The molecule has 0 heterocycles. The fourth-order valence-electron chi connectivity index (χ4n) is 3.04. The van der Waals surface area contributed by atoms with Crippen LogP contribution < -0.4 is 0 Å². The third-order valence-electron chi connectivity index (χ3n) is 4.05. The van der Waals surface area contributed by atoms with E-state index in [-0.39, 0.29) is 5.78 Å². The molecular formula is C17H24O2. The van der Waals surface area contributed by atoms with Gasteiger partial charge in [0.15, 0.2) is 5.78 Å². The van der Waals surface area contributed by atoms with Gasteiger partial charge in [0.25, 0.3) is 0 Å². The lowest BCUT2D eigenvalue weighted by atomic mass is 9.89. The van der Waals surface area contributed by atoms with Crippen LogP contribution in [0.15, 0.2) is 24.3 Å². The van der Waals surface area contributed by atoms with Crippen LogP contribution in [0.2, 0.25) is 0 Å². The summed E-state index contributed by atoms with van der Waals surface area (Å²) in [5.74, 6) is 0.770. The lowest BCUT2D eigenvalue weighted by Gasteiger charge is -2.26. The monoisotopic (exact) mass is 260 g/mol. The van der Waals surface area contributed by atoms with Crippen LogP contribution in [-0.4, -0.2) is 18.5 Å². The Balaban J connectivity index is 2.23. The third kappa shape index (κ3) is 3.06. The Morgan fingerprint density at radius 1 is 1.32 bits per heavy atom. The molecule has 0 atom stereocenters. The van der Waals surface area contributed by atoms with Crippen molar-refractivity contribution < 1.29 is 9.53 Å². The highest BCUT2D eigenvalue weighted by Crippen LogP contribution is 2.35. The molecule has 0 bridgehead atoms. The van der Waals surface area contributed by atoms with Gasteiger partial charge in [-0.15, -0.1) is 0 Å². The highest BCUT2D eigenvalue weighted by Gasteiger charge is 2.41. The molecule has 1 aliphatic carbocycles. The Bertz CT molecular complexity index is 442. The first-order valence-corrected chi connectivity index (χ1v) is 7.26. The fourth-order valence-corrected chi connectivity index (χ4v) is 3.04. The molecule has 1 fully saturated rings.